The summed E-state index contributed by atoms with van der Waals surface area (Å²) in [5.41, 5.74) is 2.91. The Morgan fingerprint density at radius 2 is 1.46 bits per heavy atom. The molecule has 2 atom stereocenters. The molecule has 0 spiro atoms. The maximum Gasteiger partial charge on any atom is 0.226 e. The van der Waals surface area contributed by atoms with Crippen molar-refractivity contribution < 1.29 is 4.79 Å². The van der Waals surface area contributed by atoms with E-state index < -0.39 is 0 Å². The van der Waals surface area contributed by atoms with E-state index in [9.17, 15) is 4.79 Å². The van der Waals surface area contributed by atoms with Crippen LogP contribution in [0.2, 0.25) is 0 Å². The van der Waals surface area contributed by atoms with E-state index in [2.05, 4.69) is 36.1 Å². The Morgan fingerprint density at radius 1 is 0.885 bits per heavy atom. The first-order chi connectivity index (χ1) is 12.8. The van der Waals surface area contributed by atoms with Gasteiger partial charge in [0.2, 0.25) is 5.91 Å². The van der Waals surface area contributed by atoms with Crippen LogP contribution >= 0.6 is 0 Å². The first-order valence-electron chi connectivity index (χ1n) is 11.2. The lowest BCUT2D eigenvalue weighted by atomic mass is 9.84. The minimum absolute atomic E-state index is 0.248. The fourth-order valence-electron chi connectivity index (χ4n) is 5.49. The van der Waals surface area contributed by atoms with E-state index in [0.29, 0.717) is 17.9 Å². The molecule has 26 heavy (non-hydrogen) atoms. The molecule has 0 aliphatic heterocycles. The fourth-order valence-corrected chi connectivity index (χ4v) is 5.49. The molecule has 1 aromatic carbocycles. The van der Waals surface area contributed by atoms with Crippen molar-refractivity contribution in [2.75, 3.05) is 6.54 Å². The van der Waals surface area contributed by atoms with Gasteiger partial charge in [-0.1, -0.05) is 62.8 Å². The smallest absolute Gasteiger partial charge is 0.226 e. The van der Waals surface area contributed by atoms with Crippen LogP contribution in [-0.4, -0.2) is 23.4 Å². The minimum atomic E-state index is 0.248. The highest BCUT2D eigenvalue weighted by Gasteiger charge is 2.46. The average molecular weight is 354 g/mol. The van der Waals surface area contributed by atoms with Crippen LogP contribution in [0.5, 0.6) is 0 Å². The normalized spacial score (nSPS) is 27.3. The van der Waals surface area contributed by atoms with Gasteiger partial charge in [0.05, 0.1) is 0 Å². The molecule has 0 saturated heterocycles. The standard InChI is InChI=1S/C24H35NO/c1-2-25(21-11-7-4-8-12-21)24(26)23-17-22(23)20-15-13-19(14-16-20)18-9-5-3-6-10-18/h13-16,18,21-23H,2-12,17H2,1H3. The van der Waals surface area contributed by atoms with E-state index in [-0.39, 0.29) is 5.92 Å². The first-order valence-corrected chi connectivity index (χ1v) is 11.2. The molecule has 3 saturated carbocycles. The third-order valence-electron chi connectivity index (χ3n) is 7.19. The van der Waals surface area contributed by atoms with Gasteiger partial charge in [0.15, 0.2) is 0 Å². The summed E-state index contributed by atoms with van der Waals surface area (Å²) in [4.78, 5) is 15.3. The van der Waals surface area contributed by atoms with E-state index >= 15 is 0 Å². The van der Waals surface area contributed by atoms with Gasteiger partial charge in [-0.3, -0.25) is 4.79 Å². The summed E-state index contributed by atoms with van der Waals surface area (Å²) in [7, 11) is 0. The van der Waals surface area contributed by atoms with Crippen molar-refractivity contribution in [1.82, 2.24) is 4.90 Å². The maximum atomic E-state index is 13.1. The number of carbonyl (C=O) groups is 1. The summed E-state index contributed by atoms with van der Waals surface area (Å²) in [6.07, 6.45) is 14.3. The number of nitrogens with zero attached hydrogens (tertiary/aromatic N) is 1. The Balaban J connectivity index is 1.37. The molecule has 0 aromatic heterocycles. The van der Waals surface area contributed by atoms with Gasteiger partial charge >= 0.3 is 0 Å². The Bertz CT molecular complexity index is 595. The van der Waals surface area contributed by atoms with Crippen LogP contribution < -0.4 is 0 Å². The third-order valence-corrected chi connectivity index (χ3v) is 7.19. The van der Waals surface area contributed by atoms with Crippen LogP contribution in [0, 0.1) is 5.92 Å². The molecule has 0 N–H and O–H groups in total. The summed E-state index contributed by atoms with van der Waals surface area (Å²) >= 11 is 0. The molecule has 1 amide bonds. The number of hydrogen-bond acceptors (Lipinski definition) is 1. The van der Waals surface area contributed by atoms with Gasteiger partial charge < -0.3 is 4.90 Å². The highest BCUT2D eigenvalue weighted by Crippen LogP contribution is 2.49. The molecule has 3 fully saturated rings. The molecule has 1 aromatic rings. The van der Waals surface area contributed by atoms with Gasteiger partial charge in [-0.2, -0.15) is 0 Å². The quantitative estimate of drug-likeness (QED) is 0.634. The zero-order valence-electron chi connectivity index (χ0n) is 16.5. The zero-order chi connectivity index (χ0) is 17.9. The Kier molecular flexibility index (Phi) is 5.66. The zero-order valence-corrected chi connectivity index (χ0v) is 16.5. The van der Waals surface area contributed by atoms with Gasteiger partial charge in [-0.25, -0.2) is 0 Å². The molecule has 4 rings (SSSR count). The fraction of sp³-hybridized carbons (Fsp3) is 0.708. The summed E-state index contributed by atoms with van der Waals surface area (Å²) in [6, 6.07) is 9.85. The van der Waals surface area contributed by atoms with Crippen molar-refractivity contribution in [2.45, 2.75) is 95.4 Å². The number of amides is 1. The predicted octanol–water partition coefficient (Wildman–Crippen LogP) is 6.02. The molecular formula is C24H35NO. The van der Waals surface area contributed by atoms with Crippen molar-refractivity contribution >= 4 is 5.91 Å². The molecule has 3 aliphatic carbocycles. The Labute approximate surface area is 159 Å². The van der Waals surface area contributed by atoms with Gasteiger partial charge in [0.1, 0.15) is 0 Å². The molecule has 2 heteroatoms. The second kappa shape index (κ2) is 8.15. The maximum absolute atomic E-state index is 13.1. The highest BCUT2D eigenvalue weighted by atomic mass is 16.2. The Hall–Kier alpha value is -1.31. The molecule has 2 unspecified atom stereocenters. The van der Waals surface area contributed by atoms with Gasteiger partial charge in [0, 0.05) is 18.5 Å². The van der Waals surface area contributed by atoms with E-state index in [0.717, 1.165) is 18.9 Å². The van der Waals surface area contributed by atoms with Crippen LogP contribution in [0.4, 0.5) is 0 Å². The molecule has 2 nitrogen and oxygen atoms in total. The van der Waals surface area contributed by atoms with Crippen molar-refractivity contribution in [3.8, 4) is 0 Å². The second-order valence-electron chi connectivity index (χ2n) is 8.87. The first kappa shape index (κ1) is 18.1. The lowest BCUT2D eigenvalue weighted by Crippen LogP contribution is -2.42. The van der Waals surface area contributed by atoms with Crippen molar-refractivity contribution in [3.63, 3.8) is 0 Å². The summed E-state index contributed by atoms with van der Waals surface area (Å²) in [5, 5.41) is 0. The van der Waals surface area contributed by atoms with Crippen LogP contribution in [0.15, 0.2) is 24.3 Å². The SMILES string of the molecule is CCN(C(=O)C1CC1c1ccc(C2CCCCC2)cc1)C1CCCCC1. The monoisotopic (exact) mass is 353 g/mol. The molecular weight excluding hydrogens is 318 g/mol. The van der Waals surface area contributed by atoms with E-state index in [1.54, 1.807) is 0 Å². The molecule has 0 radical (unpaired) electrons. The lowest BCUT2D eigenvalue weighted by Gasteiger charge is -2.34. The van der Waals surface area contributed by atoms with Crippen LogP contribution in [0.3, 0.4) is 0 Å². The van der Waals surface area contributed by atoms with Gasteiger partial charge in [0.25, 0.3) is 0 Å². The average Bonchev–Trinajstić information content (AvgIpc) is 3.51. The largest absolute Gasteiger partial charge is 0.340 e. The van der Waals surface area contributed by atoms with Gasteiger partial charge in [-0.15, -0.1) is 0 Å². The molecule has 3 aliphatic rings. The number of hydrogen-bond donors (Lipinski definition) is 0. The van der Waals surface area contributed by atoms with E-state index in [1.165, 1.54) is 75.3 Å². The third kappa shape index (κ3) is 3.85. The topological polar surface area (TPSA) is 20.3 Å². The van der Waals surface area contributed by atoms with E-state index in [1.807, 2.05) is 0 Å². The molecule has 142 valence electrons. The molecule has 0 bridgehead atoms. The highest BCUT2D eigenvalue weighted by molar-refractivity contribution is 5.83. The predicted molar refractivity (Wildman–Crippen MR) is 107 cm³/mol. The van der Waals surface area contributed by atoms with Crippen LogP contribution in [0.25, 0.3) is 0 Å². The summed E-state index contributed by atoms with van der Waals surface area (Å²) in [6.45, 7) is 3.04. The van der Waals surface area contributed by atoms with Crippen molar-refractivity contribution in [3.05, 3.63) is 35.4 Å². The number of benzene rings is 1. The van der Waals surface area contributed by atoms with Crippen LogP contribution in [0.1, 0.15) is 101 Å². The number of carbonyl (C=O) groups excluding carboxylic acids is 1. The molecule has 0 heterocycles. The van der Waals surface area contributed by atoms with E-state index in [4.69, 9.17) is 0 Å². The number of rotatable bonds is 5. The minimum Gasteiger partial charge on any atom is -0.340 e. The Morgan fingerprint density at radius 3 is 2.08 bits per heavy atom. The summed E-state index contributed by atoms with van der Waals surface area (Å²) < 4.78 is 0. The van der Waals surface area contributed by atoms with Crippen molar-refractivity contribution in [1.29, 1.82) is 0 Å². The van der Waals surface area contributed by atoms with Gasteiger partial charge in [-0.05, 0) is 62.0 Å². The lowest BCUT2D eigenvalue weighted by molar-refractivity contribution is -0.135. The second-order valence-corrected chi connectivity index (χ2v) is 8.87. The van der Waals surface area contributed by atoms with Crippen LogP contribution in [-0.2, 0) is 4.79 Å². The summed E-state index contributed by atoms with van der Waals surface area (Å²) in [5.74, 6) is 1.93. The van der Waals surface area contributed by atoms with Crippen molar-refractivity contribution in [2.24, 2.45) is 5.92 Å².